The molecule has 2 unspecified atom stereocenters. The minimum absolute atomic E-state index is 0.151. The first-order chi connectivity index (χ1) is 9.46. The molecule has 6 nitrogen and oxygen atoms in total. The molecular formula is C12H16ClN3O3S. The van der Waals surface area contributed by atoms with Crippen molar-refractivity contribution in [2.24, 2.45) is 0 Å². The normalized spacial score (nSPS) is 25.1. The first-order valence-corrected chi connectivity index (χ1v) is 7.76. The van der Waals surface area contributed by atoms with E-state index in [1.165, 1.54) is 6.07 Å². The van der Waals surface area contributed by atoms with E-state index in [1.54, 1.807) is 11.8 Å². The monoisotopic (exact) mass is 317 g/mol. The van der Waals surface area contributed by atoms with E-state index in [0.717, 1.165) is 24.8 Å². The molecule has 1 heterocycles. The van der Waals surface area contributed by atoms with Crippen molar-refractivity contribution in [3.8, 4) is 0 Å². The van der Waals surface area contributed by atoms with Gasteiger partial charge in [-0.2, -0.15) is 11.8 Å². The fourth-order valence-corrected chi connectivity index (χ4v) is 3.56. The van der Waals surface area contributed by atoms with Crippen LogP contribution in [0.5, 0.6) is 0 Å². The molecule has 0 radical (unpaired) electrons. The third kappa shape index (κ3) is 3.16. The standard InChI is InChI=1S/C12H16ClN3O3S/c1-2-20-10-3-4-12(10,17)7-15-11-9(13)5-8(6-14-11)16(18)19/h5-6,10,17H,2-4,7H2,1H3,(H,14,15). The molecule has 0 spiro atoms. The summed E-state index contributed by atoms with van der Waals surface area (Å²) in [5, 5.41) is 24.4. The number of hydrogen-bond donors (Lipinski definition) is 2. The molecule has 1 fully saturated rings. The number of aliphatic hydroxyl groups is 1. The molecule has 0 saturated heterocycles. The SMILES string of the molecule is CCSC1CCC1(O)CNc1ncc([N+](=O)[O-])cc1Cl. The number of anilines is 1. The van der Waals surface area contributed by atoms with Crippen LogP contribution in [-0.4, -0.2) is 38.2 Å². The number of nitrogens with one attached hydrogen (secondary N) is 1. The molecule has 20 heavy (non-hydrogen) atoms. The number of hydrogen-bond acceptors (Lipinski definition) is 6. The number of rotatable bonds is 6. The van der Waals surface area contributed by atoms with Crippen LogP contribution in [0.3, 0.4) is 0 Å². The predicted octanol–water partition coefficient (Wildman–Crippen LogP) is 2.70. The molecule has 0 aromatic carbocycles. The van der Waals surface area contributed by atoms with E-state index < -0.39 is 10.5 Å². The number of nitrogens with zero attached hydrogens (tertiary/aromatic N) is 2. The number of pyridine rings is 1. The number of halogens is 1. The highest BCUT2D eigenvalue weighted by atomic mass is 35.5. The Labute approximate surface area is 126 Å². The topological polar surface area (TPSA) is 88.3 Å². The summed E-state index contributed by atoms with van der Waals surface area (Å²) in [7, 11) is 0. The van der Waals surface area contributed by atoms with E-state index in [0.29, 0.717) is 12.4 Å². The van der Waals surface area contributed by atoms with Gasteiger partial charge in [-0.05, 0) is 18.6 Å². The average Bonchev–Trinajstić information content (AvgIpc) is 2.41. The van der Waals surface area contributed by atoms with Crippen molar-refractivity contribution in [2.45, 2.75) is 30.6 Å². The van der Waals surface area contributed by atoms with Crippen LogP contribution in [0, 0.1) is 10.1 Å². The van der Waals surface area contributed by atoms with Crippen molar-refractivity contribution in [1.82, 2.24) is 4.98 Å². The molecule has 1 aromatic heterocycles. The summed E-state index contributed by atoms with van der Waals surface area (Å²) in [6.45, 7) is 2.40. The van der Waals surface area contributed by atoms with Gasteiger partial charge >= 0.3 is 0 Å². The van der Waals surface area contributed by atoms with Crippen molar-refractivity contribution >= 4 is 34.9 Å². The van der Waals surface area contributed by atoms with Crippen LogP contribution < -0.4 is 5.32 Å². The van der Waals surface area contributed by atoms with Gasteiger partial charge in [-0.1, -0.05) is 18.5 Å². The van der Waals surface area contributed by atoms with Gasteiger partial charge in [-0.25, -0.2) is 4.98 Å². The highest BCUT2D eigenvalue weighted by Crippen LogP contribution is 2.41. The Bertz CT molecular complexity index is 517. The van der Waals surface area contributed by atoms with Crippen LogP contribution in [0.15, 0.2) is 12.3 Å². The zero-order valence-electron chi connectivity index (χ0n) is 11.0. The quantitative estimate of drug-likeness (QED) is 0.619. The van der Waals surface area contributed by atoms with Crippen LogP contribution in [0.1, 0.15) is 19.8 Å². The van der Waals surface area contributed by atoms with Crippen LogP contribution in [0.2, 0.25) is 5.02 Å². The summed E-state index contributed by atoms with van der Waals surface area (Å²) in [6.07, 6.45) is 2.89. The second-order valence-corrected chi connectivity index (χ2v) is 6.61. The molecule has 2 atom stereocenters. The summed E-state index contributed by atoms with van der Waals surface area (Å²) >= 11 is 7.68. The molecule has 0 aliphatic heterocycles. The van der Waals surface area contributed by atoms with Gasteiger partial charge in [-0.15, -0.1) is 0 Å². The van der Waals surface area contributed by atoms with Crippen LogP contribution in [-0.2, 0) is 0 Å². The minimum Gasteiger partial charge on any atom is -0.387 e. The third-order valence-electron chi connectivity index (χ3n) is 3.41. The van der Waals surface area contributed by atoms with Crippen molar-refractivity contribution < 1.29 is 10.0 Å². The fourth-order valence-electron chi connectivity index (χ4n) is 2.13. The molecule has 8 heteroatoms. The third-order valence-corrected chi connectivity index (χ3v) is 5.10. The van der Waals surface area contributed by atoms with E-state index in [1.807, 2.05) is 0 Å². The zero-order chi connectivity index (χ0) is 14.8. The Morgan fingerprint density at radius 2 is 2.50 bits per heavy atom. The Kier molecular flexibility index (Phi) is 4.72. The van der Waals surface area contributed by atoms with Gasteiger partial charge in [0.1, 0.15) is 12.0 Å². The van der Waals surface area contributed by atoms with Crippen molar-refractivity contribution in [1.29, 1.82) is 0 Å². The molecule has 1 aromatic rings. The van der Waals surface area contributed by atoms with Crippen LogP contribution >= 0.6 is 23.4 Å². The van der Waals surface area contributed by atoms with Crippen molar-refractivity contribution in [2.75, 3.05) is 17.6 Å². The molecule has 0 amide bonds. The predicted molar refractivity (Wildman–Crippen MR) is 80.5 cm³/mol. The minimum atomic E-state index is -0.756. The summed E-state index contributed by atoms with van der Waals surface area (Å²) < 4.78 is 0. The summed E-state index contributed by atoms with van der Waals surface area (Å²) in [5.41, 5.74) is -0.907. The van der Waals surface area contributed by atoms with Crippen molar-refractivity contribution in [3.05, 3.63) is 27.4 Å². The molecule has 0 bridgehead atoms. The summed E-state index contributed by atoms with van der Waals surface area (Å²) in [5.74, 6) is 1.32. The molecule has 1 saturated carbocycles. The zero-order valence-corrected chi connectivity index (χ0v) is 12.6. The molecule has 1 aliphatic carbocycles. The van der Waals surface area contributed by atoms with Gasteiger partial charge in [0.25, 0.3) is 5.69 Å². The number of nitro groups is 1. The van der Waals surface area contributed by atoms with Gasteiger partial charge < -0.3 is 10.4 Å². The van der Waals surface area contributed by atoms with E-state index in [-0.39, 0.29) is 16.0 Å². The maximum absolute atomic E-state index is 10.6. The van der Waals surface area contributed by atoms with Gasteiger partial charge in [0.15, 0.2) is 0 Å². The number of thioether (sulfide) groups is 1. The van der Waals surface area contributed by atoms with Gasteiger partial charge in [-0.3, -0.25) is 10.1 Å². The lowest BCUT2D eigenvalue weighted by Crippen LogP contribution is -2.54. The maximum Gasteiger partial charge on any atom is 0.289 e. The molecule has 2 rings (SSSR count). The first-order valence-electron chi connectivity index (χ1n) is 6.34. The lowest BCUT2D eigenvalue weighted by atomic mass is 9.79. The fraction of sp³-hybridized carbons (Fsp3) is 0.583. The molecule has 1 aliphatic rings. The Hall–Kier alpha value is -1.05. The van der Waals surface area contributed by atoms with E-state index >= 15 is 0 Å². The Balaban J connectivity index is 1.99. The average molecular weight is 318 g/mol. The molecular weight excluding hydrogens is 302 g/mol. The van der Waals surface area contributed by atoms with Gasteiger partial charge in [0.05, 0.1) is 15.5 Å². The first kappa shape index (κ1) is 15.3. The lowest BCUT2D eigenvalue weighted by molar-refractivity contribution is -0.385. The van der Waals surface area contributed by atoms with Gasteiger partial charge in [0.2, 0.25) is 0 Å². The molecule has 110 valence electrons. The smallest absolute Gasteiger partial charge is 0.289 e. The second kappa shape index (κ2) is 6.15. The van der Waals surface area contributed by atoms with E-state index in [9.17, 15) is 15.2 Å². The van der Waals surface area contributed by atoms with E-state index in [4.69, 9.17) is 11.6 Å². The highest BCUT2D eigenvalue weighted by molar-refractivity contribution is 8.00. The largest absolute Gasteiger partial charge is 0.387 e. The van der Waals surface area contributed by atoms with E-state index in [2.05, 4.69) is 17.2 Å². The van der Waals surface area contributed by atoms with Crippen LogP contribution in [0.25, 0.3) is 0 Å². The maximum atomic E-state index is 10.6. The highest BCUT2D eigenvalue weighted by Gasteiger charge is 2.45. The Morgan fingerprint density at radius 1 is 1.75 bits per heavy atom. The van der Waals surface area contributed by atoms with Crippen LogP contribution in [0.4, 0.5) is 11.5 Å². The molecule has 2 N–H and O–H groups in total. The Morgan fingerprint density at radius 3 is 3.00 bits per heavy atom. The summed E-state index contributed by atoms with van der Waals surface area (Å²) in [6, 6.07) is 1.25. The van der Waals surface area contributed by atoms with Crippen molar-refractivity contribution in [3.63, 3.8) is 0 Å². The lowest BCUT2D eigenvalue weighted by Gasteiger charge is -2.45. The second-order valence-electron chi connectivity index (χ2n) is 4.72. The van der Waals surface area contributed by atoms with Gasteiger partial charge in [0, 0.05) is 17.9 Å². The number of aromatic nitrogens is 1. The summed E-state index contributed by atoms with van der Waals surface area (Å²) in [4.78, 5) is 14.0.